The van der Waals surface area contributed by atoms with Crippen LogP contribution in [0.3, 0.4) is 0 Å². The predicted octanol–water partition coefficient (Wildman–Crippen LogP) is 2.94. The number of esters is 1. The van der Waals surface area contributed by atoms with Gasteiger partial charge in [0.15, 0.2) is 6.73 Å². The smallest absolute Gasteiger partial charge is 0.408 e. The molecular weight excluding hydrogens is 328 g/mol. The first kappa shape index (κ1) is 20.1. The molecule has 0 saturated carbocycles. The van der Waals surface area contributed by atoms with Gasteiger partial charge in [0.2, 0.25) is 0 Å². The minimum Gasteiger partial charge on any atom is -0.488 e. The molecule has 1 N–H and O–H groups in total. The van der Waals surface area contributed by atoms with E-state index in [1.165, 1.54) is 7.11 Å². The number of carbonyl (C=O) groups is 2. The van der Waals surface area contributed by atoms with Crippen LogP contribution in [0.1, 0.15) is 26.3 Å². The van der Waals surface area contributed by atoms with Crippen molar-refractivity contribution in [2.24, 2.45) is 5.11 Å². The van der Waals surface area contributed by atoms with Crippen molar-refractivity contribution < 1.29 is 23.8 Å². The maximum atomic E-state index is 11.9. The summed E-state index contributed by atoms with van der Waals surface area (Å²) in [5, 5.41) is 5.78. The Balaban J connectivity index is 2.73. The number of methoxy groups -OCH3 is 1. The molecule has 0 spiro atoms. The molecule has 1 amide bonds. The van der Waals surface area contributed by atoms with Crippen LogP contribution in [-0.4, -0.2) is 37.5 Å². The van der Waals surface area contributed by atoms with Gasteiger partial charge < -0.3 is 19.5 Å². The van der Waals surface area contributed by atoms with Gasteiger partial charge in [-0.25, -0.2) is 9.59 Å². The summed E-state index contributed by atoms with van der Waals surface area (Å²) in [5.41, 5.74) is 8.30. The van der Waals surface area contributed by atoms with Gasteiger partial charge in [0.1, 0.15) is 17.4 Å². The minimum absolute atomic E-state index is 0.110. The molecule has 1 atom stereocenters. The molecule has 0 radical (unpaired) electrons. The highest BCUT2D eigenvalue weighted by Crippen LogP contribution is 2.14. The van der Waals surface area contributed by atoms with Gasteiger partial charge in [-0.1, -0.05) is 17.2 Å². The van der Waals surface area contributed by atoms with E-state index in [1.54, 1.807) is 45.0 Å². The fraction of sp³-hybridized carbons (Fsp3) is 0.500. The van der Waals surface area contributed by atoms with Gasteiger partial charge in [-0.2, -0.15) is 0 Å². The number of benzene rings is 1. The van der Waals surface area contributed by atoms with E-state index in [4.69, 9.17) is 19.7 Å². The van der Waals surface area contributed by atoms with Crippen LogP contribution in [0.2, 0.25) is 0 Å². The molecule has 0 unspecified atom stereocenters. The van der Waals surface area contributed by atoms with Crippen LogP contribution < -0.4 is 10.1 Å². The van der Waals surface area contributed by atoms with Gasteiger partial charge in [-0.15, -0.1) is 0 Å². The molecule has 0 aliphatic carbocycles. The molecule has 136 valence electrons. The van der Waals surface area contributed by atoms with E-state index >= 15 is 0 Å². The Bertz CT molecular complexity index is 633. The zero-order valence-corrected chi connectivity index (χ0v) is 14.7. The van der Waals surface area contributed by atoms with E-state index in [2.05, 4.69) is 15.3 Å². The quantitative estimate of drug-likeness (QED) is 0.350. The van der Waals surface area contributed by atoms with E-state index < -0.39 is 23.7 Å². The fourth-order valence-electron chi connectivity index (χ4n) is 1.87. The maximum Gasteiger partial charge on any atom is 0.408 e. The van der Waals surface area contributed by atoms with E-state index in [-0.39, 0.29) is 13.2 Å². The summed E-state index contributed by atoms with van der Waals surface area (Å²) in [5.74, 6) is -0.0552. The maximum absolute atomic E-state index is 11.9. The number of nitrogens with one attached hydrogen (secondary N) is 1. The lowest BCUT2D eigenvalue weighted by molar-refractivity contribution is -0.143. The Hall–Kier alpha value is -2.93. The van der Waals surface area contributed by atoms with Gasteiger partial charge in [0, 0.05) is 11.3 Å². The molecule has 25 heavy (non-hydrogen) atoms. The molecule has 0 heterocycles. The monoisotopic (exact) mass is 350 g/mol. The summed E-state index contributed by atoms with van der Waals surface area (Å²) in [4.78, 5) is 26.4. The molecule has 0 aliphatic rings. The molecule has 1 aromatic carbocycles. The minimum atomic E-state index is -0.880. The van der Waals surface area contributed by atoms with Gasteiger partial charge in [-0.05, 0) is 44.0 Å². The second kappa shape index (κ2) is 9.39. The Labute approximate surface area is 145 Å². The molecule has 0 fully saturated rings. The largest absolute Gasteiger partial charge is 0.488 e. The molecule has 9 nitrogen and oxygen atoms in total. The lowest BCUT2D eigenvalue weighted by Crippen LogP contribution is -2.45. The number of alkyl carbamates (subject to hydrolysis) is 1. The summed E-state index contributed by atoms with van der Waals surface area (Å²) in [7, 11) is 1.25. The number of rotatable bonds is 7. The molecule has 0 aliphatic heterocycles. The first-order valence-electron chi connectivity index (χ1n) is 7.55. The zero-order chi connectivity index (χ0) is 18.9. The van der Waals surface area contributed by atoms with Crippen LogP contribution in [0.4, 0.5) is 4.79 Å². The Morgan fingerprint density at radius 2 is 1.92 bits per heavy atom. The zero-order valence-electron chi connectivity index (χ0n) is 14.7. The number of ether oxygens (including phenoxy) is 3. The summed E-state index contributed by atoms with van der Waals surface area (Å²) in [6, 6.07) is 5.93. The summed E-state index contributed by atoms with van der Waals surface area (Å²) in [6.45, 7) is 5.08. The van der Waals surface area contributed by atoms with Gasteiger partial charge >= 0.3 is 12.1 Å². The molecule has 0 bridgehead atoms. The topological polar surface area (TPSA) is 123 Å². The Kier molecular flexibility index (Phi) is 7.55. The van der Waals surface area contributed by atoms with Crippen molar-refractivity contribution in [1.82, 2.24) is 5.32 Å². The van der Waals surface area contributed by atoms with Gasteiger partial charge in [-0.3, -0.25) is 0 Å². The summed E-state index contributed by atoms with van der Waals surface area (Å²) >= 11 is 0. The van der Waals surface area contributed by atoms with Crippen molar-refractivity contribution in [2.45, 2.75) is 38.8 Å². The molecule has 0 aromatic heterocycles. The van der Waals surface area contributed by atoms with Crippen LogP contribution in [0.15, 0.2) is 29.4 Å². The van der Waals surface area contributed by atoms with Crippen molar-refractivity contribution in [3.63, 3.8) is 0 Å². The lowest BCUT2D eigenvalue weighted by Gasteiger charge is -2.22. The number of carbonyl (C=O) groups excluding carboxylic acids is 2. The average molecular weight is 350 g/mol. The first-order chi connectivity index (χ1) is 11.7. The third kappa shape index (κ3) is 7.94. The highest BCUT2D eigenvalue weighted by molar-refractivity contribution is 5.81. The number of nitrogens with zero attached hydrogens (tertiary/aromatic N) is 3. The van der Waals surface area contributed by atoms with Crippen LogP contribution >= 0.6 is 0 Å². The SMILES string of the molecule is COC(=O)[C@@H](Cc1ccc(OCN=[N+]=[N-])cc1)NC(=O)OC(C)(C)C. The van der Waals surface area contributed by atoms with Crippen LogP contribution in [-0.2, 0) is 20.7 Å². The normalized spacial score (nSPS) is 11.7. The highest BCUT2D eigenvalue weighted by atomic mass is 16.6. The van der Waals surface area contributed by atoms with Crippen LogP contribution in [0, 0.1) is 0 Å². The molecule has 1 rings (SSSR count). The number of amides is 1. The van der Waals surface area contributed by atoms with Crippen LogP contribution in [0.25, 0.3) is 10.4 Å². The predicted molar refractivity (Wildman–Crippen MR) is 90.0 cm³/mol. The van der Waals surface area contributed by atoms with Gasteiger partial charge in [0.05, 0.1) is 7.11 Å². The Morgan fingerprint density at radius 1 is 1.28 bits per heavy atom. The third-order valence-corrected chi connectivity index (χ3v) is 2.89. The second-order valence-electron chi connectivity index (χ2n) is 6.07. The average Bonchev–Trinajstić information content (AvgIpc) is 2.53. The van der Waals surface area contributed by atoms with E-state index in [9.17, 15) is 9.59 Å². The van der Waals surface area contributed by atoms with Crippen molar-refractivity contribution in [3.05, 3.63) is 40.3 Å². The molecule has 0 saturated heterocycles. The highest BCUT2D eigenvalue weighted by Gasteiger charge is 2.25. The van der Waals surface area contributed by atoms with E-state index in [0.29, 0.717) is 5.75 Å². The van der Waals surface area contributed by atoms with Crippen molar-refractivity contribution in [3.8, 4) is 5.75 Å². The standard InChI is InChI=1S/C16H22N4O5/c1-16(2,3)25-15(22)19-13(14(21)23-4)9-11-5-7-12(8-6-11)24-10-18-20-17/h5-8,13H,9-10H2,1-4H3,(H,19,22)/t13-/m1/s1. The molecule has 9 heteroatoms. The lowest BCUT2D eigenvalue weighted by atomic mass is 10.1. The number of azide groups is 1. The van der Waals surface area contributed by atoms with E-state index in [0.717, 1.165) is 5.56 Å². The third-order valence-electron chi connectivity index (χ3n) is 2.89. The summed E-state index contributed by atoms with van der Waals surface area (Å²) in [6.07, 6.45) is -0.472. The number of hydrogen-bond donors (Lipinski definition) is 1. The summed E-state index contributed by atoms with van der Waals surface area (Å²) < 4.78 is 15.1. The Morgan fingerprint density at radius 3 is 2.44 bits per heavy atom. The van der Waals surface area contributed by atoms with Crippen molar-refractivity contribution >= 4 is 12.1 Å². The van der Waals surface area contributed by atoms with Gasteiger partial charge in [0.25, 0.3) is 0 Å². The van der Waals surface area contributed by atoms with E-state index in [1.807, 2.05) is 0 Å². The second-order valence-corrected chi connectivity index (χ2v) is 6.07. The molecular formula is C16H22N4O5. The molecule has 1 aromatic rings. The fourth-order valence-corrected chi connectivity index (χ4v) is 1.87. The van der Waals surface area contributed by atoms with Crippen molar-refractivity contribution in [1.29, 1.82) is 0 Å². The van der Waals surface area contributed by atoms with Crippen molar-refractivity contribution in [2.75, 3.05) is 13.8 Å². The van der Waals surface area contributed by atoms with Crippen LogP contribution in [0.5, 0.6) is 5.75 Å². The first-order valence-corrected chi connectivity index (χ1v) is 7.55. The number of hydrogen-bond acceptors (Lipinski definition) is 6.